The van der Waals surface area contributed by atoms with Crippen molar-refractivity contribution >= 4 is 17.5 Å². The van der Waals surface area contributed by atoms with E-state index < -0.39 is 0 Å². The molecule has 1 aliphatic carbocycles. The molecule has 0 N–H and O–H groups in total. The minimum absolute atomic E-state index is 0.0763. The van der Waals surface area contributed by atoms with E-state index in [-0.39, 0.29) is 23.8 Å². The van der Waals surface area contributed by atoms with Gasteiger partial charge in [0.25, 0.3) is 0 Å². The van der Waals surface area contributed by atoms with E-state index in [2.05, 4.69) is 11.9 Å². The Morgan fingerprint density at radius 1 is 1.38 bits per heavy atom. The van der Waals surface area contributed by atoms with Gasteiger partial charge in [0.15, 0.2) is 0 Å². The number of imidazole rings is 1. The second-order valence-electron chi connectivity index (χ2n) is 7.86. The summed E-state index contributed by atoms with van der Waals surface area (Å²) in [5, 5.41) is 0. The highest BCUT2D eigenvalue weighted by Crippen LogP contribution is 2.39. The van der Waals surface area contributed by atoms with Gasteiger partial charge in [0, 0.05) is 38.4 Å². The van der Waals surface area contributed by atoms with E-state index in [1.807, 2.05) is 46.5 Å². The number of amides is 2. The zero-order valence-corrected chi connectivity index (χ0v) is 15.7. The Morgan fingerprint density at radius 2 is 2.15 bits per heavy atom. The quantitative estimate of drug-likeness (QED) is 0.843. The van der Waals surface area contributed by atoms with E-state index in [0.717, 1.165) is 36.3 Å². The van der Waals surface area contributed by atoms with Crippen molar-refractivity contribution in [2.45, 2.75) is 39.2 Å². The molecule has 4 rings (SSSR count). The van der Waals surface area contributed by atoms with Crippen molar-refractivity contribution in [2.75, 3.05) is 20.1 Å². The van der Waals surface area contributed by atoms with Gasteiger partial charge in [-0.15, -0.1) is 0 Å². The van der Waals surface area contributed by atoms with E-state index in [4.69, 9.17) is 0 Å². The van der Waals surface area contributed by atoms with Gasteiger partial charge in [-0.05, 0) is 37.3 Å². The van der Waals surface area contributed by atoms with E-state index in [1.54, 1.807) is 6.20 Å². The Kier molecular flexibility index (Phi) is 4.21. The number of pyridine rings is 1. The standard InChI is InChI=1S/C20H26N4O2/c1-13-5-4-7-24-16(11-21-19(13)24)10-18(25)22(3)15-6-8-23(12-15)20(26)17-9-14(17)2/h4-5,7,11,14-15,17H,6,8-10,12H2,1-3H3. The number of fused-ring (bicyclic) bond motifs is 1. The van der Waals surface area contributed by atoms with E-state index in [0.29, 0.717) is 18.9 Å². The maximum Gasteiger partial charge on any atom is 0.228 e. The normalized spacial score (nSPS) is 24.9. The molecular formula is C20H26N4O2. The lowest BCUT2D eigenvalue weighted by atomic mass is 10.2. The van der Waals surface area contributed by atoms with Crippen LogP contribution in [0.15, 0.2) is 24.5 Å². The van der Waals surface area contributed by atoms with Gasteiger partial charge in [-0.3, -0.25) is 9.59 Å². The van der Waals surface area contributed by atoms with Crippen LogP contribution >= 0.6 is 0 Å². The number of aromatic nitrogens is 2. The topological polar surface area (TPSA) is 57.9 Å². The molecule has 0 aromatic carbocycles. The lowest BCUT2D eigenvalue weighted by Crippen LogP contribution is -2.41. The highest BCUT2D eigenvalue weighted by molar-refractivity contribution is 5.82. The molecule has 2 amide bonds. The molecule has 1 saturated carbocycles. The molecule has 1 saturated heterocycles. The molecule has 2 aromatic rings. The number of nitrogens with zero attached hydrogens (tertiary/aromatic N) is 4. The fourth-order valence-corrected chi connectivity index (χ4v) is 3.98. The van der Waals surface area contributed by atoms with Crippen LogP contribution in [0.3, 0.4) is 0 Å². The molecule has 6 nitrogen and oxygen atoms in total. The molecule has 3 unspecified atom stereocenters. The maximum atomic E-state index is 12.8. The Hall–Kier alpha value is -2.37. The predicted octanol–water partition coefficient (Wildman–Crippen LogP) is 1.90. The van der Waals surface area contributed by atoms with Gasteiger partial charge in [-0.1, -0.05) is 13.0 Å². The summed E-state index contributed by atoms with van der Waals surface area (Å²) < 4.78 is 1.99. The molecule has 2 aliphatic rings. The van der Waals surface area contributed by atoms with Crippen molar-refractivity contribution in [3.63, 3.8) is 0 Å². The summed E-state index contributed by atoms with van der Waals surface area (Å²) >= 11 is 0. The first-order valence-corrected chi connectivity index (χ1v) is 9.41. The van der Waals surface area contributed by atoms with Crippen LogP contribution in [-0.4, -0.2) is 57.2 Å². The summed E-state index contributed by atoms with van der Waals surface area (Å²) in [6.45, 7) is 5.57. The van der Waals surface area contributed by atoms with Crippen LogP contribution in [0.4, 0.5) is 0 Å². The monoisotopic (exact) mass is 354 g/mol. The molecule has 6 heteroatoms. The second kappa shape index (κ2) is 6.41. The van der Waals surface area contributed by atoms with Gasteiger partial charge in [-0.25, -0.2) is 4.98 Å². The van der Waals surface area contributed by atoms with Crippen molar-refractivity contribution in [2.24, 2.45) is 11.8 Å². The Labute approximate surface area is 153 Å². The summed E-state index contributed by atoms with van der Waals surface area (Å²) in [4.78, 5) is 33.4. The minimum Gasteiger partial charge on any atom is -0.341 e. The van der Waals surface area contributed by atoms with Gasteiger partial charge in [0.1, 0.15) is 5.65 Å². The van der Waals surface area contributed by atoms with Gasteiger partial charge >= 0.3 is 0 Å². The van der Waals surface area contributed by atoms with Gasteiger partial charge in [-0.2, -0.15) is 0 Å². The first kappa shape index (κ1) is 17.1. The fourth-order valence-electron chi connectivity index (χ4n) is 3.98. The molecule has 0 spiro atoms. The molecule has 3 atom stereocenters. The number of hydrogen-bond acceptors (Lipinski definition) is 3. The van der Waals surface area contributed by atoms with Crippen LogP contribution in [-0.2, 0) is 16.0 Å². The zero-order chi connectivity index (χ0) is 18.4. The molecule has 0 bridgehead atoms. The minimum atomic E-state index is 0.0763. The van der Waals surface area contributed by atoms with Crippen LogP contribution in [0, 0.1) is 18.8 Å². The van der Waals surface area contributed by atoms with Crippen LogP contribution in [0.2, 0.25) is 0 Å². The molecule has 1 aliphatic heterocycles. The predicted molar refractivity (Wildman–Crippen MR) is 98.7 cm³/mol. The fraction of sp³-hybridized carbons (Fsp3) is 0.550. The lowest BCUT2D eigenvalue weighted by molar-refractivity contribution is -0.134. The number of rotatable bonds is 4. The highest BCUT2D eigenvalue weighted by atomic mass is 16.2. The largest absolute Gasteiger partial charge is 0.341 e. The summed E-state index contributed by atoms with van der Waals surface area (Å²) in [5.74, 6) is 1.10. The molecular weight excluding hydrogens is 328 g/mol. The van der Waals surface area contributed by atoms with Crippen molar-refractivity contribution in [1.29, 1.82) is 0 Å². The molecule has 2 fully saturated rings. The van der Waals surface area contributed by atoms with E-state index >= 15 is 0 Å². The van der Waals surface area contributed by atoms with Gasteiger partial charge < -0.3 is 14.2 Å². The maximum absolute atomic E-state index is 12.8. The number of likely N-dealkylation sites (tertiary alicyclic amines) is 1. The van der Waals surface area contributed by atoms with Crippen molar-refractivity contribution in [1.82, 2.24) is 19.2 Å². The van der Waals surface area contributed by atoms with Crippen LogP contribution in [0.1, 0.15) is 31.0 Å². The number of carbonyl (C=O) groups is 2. The molecule has 2 aromatic heterocycles. The summed E-state index contributed by atoms with van der Waals surface area (Å²) in [5.41, 5.74) is 2.89. The third-order valence-corrected chi connectivity index (χ3v) is 5.98. The third-order valence-electron chi connectivity index (χ3n) is 5.98. The Balaban J connectivity index is 1.40. The van der Waals surface area contributed by atoms with Gasteiger partial charge in [0.05, 0.1) is 18.2 Å². The first-order chi connectivity index (χ1) is 12.5. The molecule has 0 radical (unpaired) electrons. The van der Waals surface area contributed by atoms with Crippen molar-refractivity contribution < 1.29 is 9.59 Å². The van der Waals surface area contributed by atoms with Gasteiger partial charge in [0.2, 0.25) is 11.8 Å². The number of hydrogen-bond donors (Lipinski definition) is 0. The number of likely N-dealkylation sites (N-methyl/N-ethyl adjacent to an activating group) is 1. The lowest BCUT2D eigenvalue weighted by Gasteiger charge is -2.25. The van der Waals surface area contributed by atoms with Crippen molar-refractivity contribution in [3.05, 3.63) is 35.8 Å². The van der Waals surface area contributed by atoms with Crippen molar-refractivity contribution in [3.8, 4) is 0 Å². The first-order valence-electron chi connectivity index (χ1n) is 9.41. The van der Waals surface area contributed by atoms with E-state index in [9.17, 15) is 9.59 Å². The summed E-state index contributed by atoms with van der Waals surface area (Å²) in [6.07, 6.45) is 5.94. The van der Waals surface area contributed by atoms with E-state index in [1.165, 1.54) is 0 Å². The van der Waals surface area contributed by atoms with Crippen LogP contribution in [0.25, 0.3) is 5.65 Å². The highest BCUT2D eigenvalue weighted by Gasteiger charge is 2.43. The summed E-state index contributed by atoms with van der Waals surface area (Å²) in [6, 6.07) is 4.10. The van der Waals surface area contributed by atoms with Crippen LogP contribution < -0.4 is 0 Å². The van der Waals surface area contributed by atoms with Crippen LogP contribution in [0.5, 0.6) is 0 Å². The average Bonchev–Trinajstić information content (AvgIpc) is 3.02. The molecule has 138 valence electrons. The Bertz CT molecular complexity index is 859. The zero-order valence-electron chi connectivity index (χ0n) is 15.7. The number of aryl methyl sites for hydroxylation is 1. The molecule has 26 heavy (non-hydrogen) atoms. The summed E-state index contributed by atoms with van der Waals surface area (Å²) in [7, 11) is 1.86. The molecule has 3 heterocycles. The number of carbonyl (C=O) groups excluding carboxylic acids is 2. The Morgan fingerprint density at radius 3 is 2.88 bits per heavy atom. The smallest absolute Gasteiger partial charge is 0.228 e. The average molecular weight is 354 g/mol. The SMILES string of the molecule is Cc1cccn2c(CC(=O)N(C)C3CCN(C(=O)C4CC4C)C3)cnc12. The third kappa shape index (κ3) is 2.97. The second-order valence-corrected chi connectivity index (χ2v) is 7.86.